The van der Waals surface area contributed by atoms with E-state index in [1.807, 2.05) is 0 Å². The third kappa shape index (κ3) is 11.6. The average molecular weight is 197 g/mol. The number of alkyl halides is 1. The summed E-state index contributed by atoms with van der Waals surface area (Å²) in [5.74, 6) is 0.556. The summed E-state index contributed by atoms with van der Waals surface area (Å²) in [7, 11) is 0. The van der Waals surface area contributed by atoms with Crippen molar-refractivity contribution in [2.75, 3.05) is 5.88 Å². The summed E-state index contributed by atoms with van der Waals surface area (Å²) in [6.45, 7) is 3.35. The summed E-state index contributed by atoms with van der Waals surface area (Å²) in [5.41, 5.74) is 0. The molecule has 5 heavy (non-hydrogen) atoms. The van der Waals surface area contributed by atoms with Gasteiger partial charge in [0.25, 0.3) is 0 Å². The normalized spacial score (nSPS) is 5.00. The van der Waals surface area contributed by atoms with E-state index in [1.54, 1.807) is 6.08 Å². The summed E-state index contributed by atoms with van der Waals surface area (Å²) >= 11 is 5.07. The summed E-state index contributed by atoms with van der Waals surface area (Å²) in [6.07, 6.45) is 1.64. The van der Waals surface area contributed by atoms with E-state index in [2.05, 4.69) is 6.58 Å². The average Bonchev–Trinajstić information content (AvgIpc) is 1.37. The number of hydrogen-bond acceptors (Lipinski definition) is 0. The molecule has 0 aliphatic carbocycles. The molecule has 0 heterocycles. The third-order valence-corrected chi connectivity index (χ3v) is 0.327. The second-order valence-corrected chi connectivity index (χ2v) is 0.752. The Kier molecular flexibility index (Phi) is 16.4. The Labute approximate surface area is 54.2 Å². The number of hydrogen-bond donors (Lipinski definition) is 0. The maximum absolute atomic E-state index is 5.07. The Morgan fingerprint density at radius 3 is 2.00 bits per heavy atom. The van der Waals surface area contributed by atoms with Crippen molar-refractivity contribution in [1.82, 2.24) is 0 Å². The van der Waals surface area contributed by atoms with Crippen LogP contribution in [0.15, 0.2) is 12.7 Å². The molecule has 0 atom stereocenters. The molecule has 0 saturated heterocycles. The zero-order valence-corrected chi connectivity index (χ0v) is 7.87. The molecular weight excluding hydrogens is 190 g/mol. The van der Waals surface area contributed by atoms with Crippen molar-refractivity contribution in [2.24, 2.45) is 0 Å². The summed E-state index contributed by atoms with van der Waals surface area (Å²) in [5, 5.41) is 0. The van der Waals surface area contributed by atoms with Gasteiger partial charge < -0.3 is 0 Å². The van der Waals surface area contributed by atoms with Crippen molar-refractivity contribution in [1.29, 1.82) is 0 Å². The minimum absolute atomic E-state index is 0. The molecule has 2 radical (unpaired) electrons. The molecule has 0 aliphatic heterocycles. The van der Waals surface area contributed by atoms with E-state index in [0.717, 1.165) is 0 Å². The van der Waals surface area contributed by atoms with Gasteiger partial charge in [0.2, 0.25) is 0 Å². The van der Waals surface area contributed by atoms with Gasteiger partial charge in [0.1, 0.15) is 0 Å². The van der Waals surface area contributed by atoms with E-state index in [0.29, 0.717) is 5.88 Å². The molecule has 0 N–H and O–H groups in total. The molecule has 0 aromatic heterocycles. The van der Waals surface area contributed by atoms with Gasteiger partial charge in [-0.25, -0.2) is 0 Å². The van der Waals surface area contributed by atoms with Crippen LogP contribution in [0.25, 0.3) is 0 Å². The van der Waals surface area contributed by atoms with Gasteiger partial charge in [0.05, 0.1) is 0 Å². The van der Waals surface area contributed by atoms with E-state index < -0.39 is 0 Å². The Bertz CT molecular complexity index is 20.9. The minimum atomic E-state index is 0. The zero-order chi connectivity index (χ0) is 3.41. The third-order valence-electron chi connectivity index (χ3n) is 0.109. The number of halogens is 1. The number of rotatable bonds is 1. The first-order valence-corrected chi connectivity index (χ1v) is 1.62. The van der Waals surface area contributed by atoms with E-state index in [9.17, 15) is 0 Å². The van der Waals surface area contributed by atoms with Crippen LogP contribution in [0.5, 0.6) is 0 Å². The fourth-order valence-corrected chi connectivity index (χ4v) is 0. The van der Waals surface area contributed by atoms with E-state index in [4.69, 9.17) is 11.6 Å². The predicted octanol–water partition coefficient (Wildman–Crippen LogP) is 0.495. The molecule has 2 heteroatoms. The van der Waals surface area contributed by atoms with Gasteiger partial charge in [-0.1, -0.05) is 6.08 Å². The van der Waals surface area contributed by atoms with Crippen LogP contribution >= 0.6 is 11.6 Å². The van der Waals surface area contributed by atoms with Crippen LogP contribution in [0.2, 0.25) is 0 Å². The van der Waals surface area contributed by atoms with Gasteiger partial charge in [-0.3, -0.25) is 0 Å². The molecule has 0 rings (SSSR count). The second-order valence-electron chi connectivity index (χ2n) is 0.443. The molecule has 0 aromatic carbocycles. The summed E-state index contributed by atoms with van der Waals surface area (Å²) < 4.78 is 0. The molecule has 0 saturated carbocycles. The van der Waals surface area contributed by atoms with Crippen molar-refractivity contribution in [3.05, 3.63) is 12.7 Å². The first kappa shape index (κ1) is 9.27. The van der Waals surface area contributed by atoms with Crippen LogP contribution in [0.4, 0.5) is 0 Å². The quantitative estimate of drug-likeness (QED) is 0.326. The van der Waals surface area contributed by atoms with Gasteiger partial charge in [-0.05, 0) is 0 Å². The maximum atomic E-state index is 5.07. The summed E-state index contributed by atoms with van der Waals surface area (Å²) in [6, 6.07) is 0. The van der Waals surface area contributed by atoms with Crippen molar-refractivity contribution >= 4 is 35.5 Å². The standard InChI is InChI=1S/C3H5Cl.Sn.2H/c1-2-3-4;;;/h2H,1,3H2;;;. The molecule has 0 amide bonds. The van der Waals surface area contributed by atoms with Gasteiger partial charge in [-0.2, -0.15) is 0 Å². The Hall–Kier alpha value is 0.829. The summed E-state index contributed by atoms with van der Waals surface area (Å²) in [4.78, 5) is 0. The monoisotopic (exact) mass is 198 g/mol. The Morgan fingerprint density at radius 1 is 1.80 bits per heavy atom. The SMILES string of the molecule is C=CCCl.[SnH2]. The Balaban J connectivity index is 0. The van der Waals surface area contributed by atoms with E-state index in [-0.39, 0.29) is 23.9 Å². The fraction of sp³-hybridized carbons (Fsp3) is 0.333. The molecule has 30 valence electrons. The van der Waals surface area contributed by atoms with Gasteiger partial charge in [0.15, 0.2) is 0 Å². The van der Waals surface area contributed by atoms with Crippen LogP contribution in [0.3, 0.4) is 0 Å². The van der Waals surface area contributed by atoms with Crippen molar-refractivity contribution in [3.63, 3.8) is 0 Å². The van der Waals surface area contributed by atoms with Crippen LogP contribution in [-0.2, 0) is 0 Å². The topological polar surface area (TPSA) is 0 Å². The molecule has 0 fully saturated rings. The van der Waals surface area contributed by atoms with E-state index >= 15 is 0 Å². The van der Waals surface area contributed by atoms with Gasteiger partial charge >= 0.3 is 23.9 Å². The molecule has 0 spiro atoms. The molecule has 0 bridgehead atoms. The van der Waals surface area contributed by atoms with Gasteiger partial charge in [-0.15, -0.1) is 18.2 Å². The van der Waals surface area contributed by atoms with Gasteiger partial charge in [0, 0.05) is 5.88 Å². The molecule has 0 aromatic rings. The van der Waals surface area contributed by atoms with Crippen LogP contribution in [0.1, 0.15) is 0 Å². The van der Waals surface area contributed by atoms with Crippen LogP contribution in [-0.4, -0.2) is 29.8 Å². The van der Waals surface area contributed by atoms with E-state index in [1.165, 1.54) is 0 Å². The van der Waals surface area contributed by atoms with Crippen LogP contribution < -0.4 is 0 Å². The van der Waals surface area contributed by atoms with Crippen molar-refractivity contribution in [3.8, 4) is 0 Å². The molecule has 0 aliphatic rings. The fourth-order valence-electron chi connectivity index (χ4n) is 0. The predicted molar refractivity (Wildman–Crippen MR) is 29.5 cm³/mol. The molecular formula is C3H7ClSn. The number of allylic oxidation sites excluding steroid dienone is 1. The second kappa shape index (κ2) is 8.85. The first-order chi connectivity index (χ1) is 1.91. The molecule has 0 nitrogen and oxygen atoms in total. The van der Waals surface area contributed by atoms with Crippen molar-refractivity contribution in [2.45, 2.75) is 0 Å². The molecule has 0 unspecified atom stereocenters. The Morgan fingerprint density at radius 2 is 2.00 bits per heavy atom. The van der Waals surface area contributed by atoms with Crippen molar-refractivity contribution < 1.29 is 0 Å². The van der Waals surface area contributed by atoms with Crippen LogP contribution in [0, 0.1) is 0 Å². The zero-order valence-electron chi connectivity index (χ0n) is 3.08. The first-order valence-electron chi connectivity index (χ1n) is 1.08.